The first kappa shape index (κ1) is 13.8. The molecule has 0 radical (unpaired) electrons. The normalized spacial score (nSPS) is 13.1. The highest BCUT2D eigenvalue weighted by atomic mass is 32.2. The predicted octanol–water partition coefficient (Wildman–Crippen LogP) is 1.58. The second-order valence-electron chi connectivity index (χ2n) is 5.20. The van der Waals surface area contributed by atoms with Crippen LogP contribution in [0.3, 0.4) is 0 Å². The lowest BCUT2D eigenvalue weighted by molar-refractivity contribution is 0.511. The fourth-order valence-corrected chi connectivity index (χ4v) is 2.16. The molecule has 104 valence electrons. The highest BCUT2D eigenvalue weighted by molar-refractivity contribution is 7.92. The van der Waals surface area contributed by atoms with Crippen molar-refractivity contribution < 1.29 is 12.8 Å². The molecule has 0 fully saturated rings. The van der Waals surface area contributed by atoms with Crippen molar-refractivity contribution in [2.24, 2.45) is 0 Å². The van der Waals surface area contributed by atoms with Gasteiger partial charge >= 0.3 is 0 Å². The SMILES string of the molecule is CC(C)(Cn1c(N)nc2c(F)cccc21)S(C)(=O)=O. The first-order valence-electron chi connectivity index (χ1n) is 5.73. The molecule has 0 atom stereocenters. The maximum atomic E-state index is 13.6. The van der Waals surface area contributed by atoms with E-state index in [1.807, 2.05) is 0 Å². The number of fused-ring (bicyclic) bond motifs is 1. The number of rotatable bonds is 3. The molecule has 0 saturated heterocycles. The molecule has 0 unspecified atom stereocenters. The smallest absolute Gasteiger partial charge is 0.201 e. The Morgan fingerprint density at radius 2 is 2.05 bits per heavy atom. The Morgan fingerprint density at radius 1 is 1.42 bits per heavy atom. The highest BCUT2D eigenvalue weighted by Gasteiger charge is 2.32. The van der Waals surface area contributed by atoms with E-state index in [1.165, 1.54) is 16.9 Å². The van der Waals surface area contributed by atoms with E-state index in [9.17, 15) is 12.8 Å². The molecule has 0 saturated carbocycles. The van der Waals surface area contributed by atoms with Gasteiger partial charge in [-0.25, -0.2) is 17.8 Å². The third-order valence-electron chi connectivity index (χ3n) is 3.30. The number of nitrogens with two attached hydrogens (primary N) is 1. The summed E-state index contributed by atoms with van der Waals surface area (Å²) in [6.07, 6.45) is 1.17. The van der Waals surface area contributed by atoms with Crippen LogP contribution in [0.4, 0.5) is 10.3 Å². The summed E-state index contributed by atoms with van der Waals surface area (Å²) in [4.78, 5) is 3.95. The Labute approximate surface area is 111 Å². The summed E-state index contributed by atoms with van der Waals surface area (Å²) < 4.78 is 37.6. The van der Waals surface area contributed by atoms with Crippen molar-refractivity contribution in [1.82, 2.24) is 9.55 Å². The number of benzene rings is 1. The number of halogens is 1. The Kier molecular flexibility index (Phi) is 3.04. The van der Waals surface area contributed by atoms with Crippen molar-refractivity contribution in [3.8, 4) is 0 Å². The number of anilines is 1. The monoisotopic (exact) mass is 285 g/mol. The van der Waals surface area contributed by atoms with Crippen LogP contribution >= 0.6 is 0 Å². The van der Waals surface area contributed by atoms with Gasteiger partial charge in [0.25, 0.3) is 0 Å². The van der Waals surface area contributed by atoms with Gasteiger partial charge in [0.1, 0.15) is 5.52 Å². The van der Waals surface area contributed by atoms with E-state index in [4.69, 9.17) is 5.73 Å². The van der Waals surface area contributed by atoms with E-state index < -0.39 is 20.4 Å². The number of sulfone groups is 1. The Bertz CT molecular complexity index is 735. The number of hydrogen-bond acceptors (Lipinski definition) is 4. The molecule has 1 aromatic heterocycles. The summed E-state index contributed by atoms with van der Waals surface area (Å²) in [6.45, 7) is 3.33. The molecule has 7 heteroatoms. The average molecular weight is 285 g/mol. The standard InChI is InChI=1S/C12H16FN3O2S/c1-12(2,19(3,17)18)7-16-9-6-4-5-8(13)10(9)15-11(16)14/h4-6H,7H2,1-3H3,(H2,14,15). The van der Waals surface area contributed by atoms with Crippen LogP contribution < -0.4 is 5.73 Å². The summed E-state index contributed by atoms with van der Waals surface area (Å²) in [7, 11) is -3.27. The maximum absolute atomic E-state index is 13.6. The molecule has 5 nitrogen and oxygen atoms in total. The van der Waals surface area contributed by atoms with Crippen LogP contribution in [0, 0.1) is 5.82 Å². The molecular formula is C12H16FN3O2S. The van der Waals surface area contributed by atoms with E-state index in [0.717, 1.165) is 0 Å². The molecule has 1 aromatic carbocycles. The number of aromatic nitrogens is 2. The Balaban J connectivity index is 2.59. The van der Waals surface area contributed by atoms with Crippen molar-refractivity contribution in [3.05, 3.63) is 24.0 Å². The molecular weight excluding hydrogens is 269 g/mol. The second-order valence-corrected chi connectivity index (χ2v) is 7.85. The van der Waals surface area contributed by atoms with Crippen molar-refractivity contribution in [2.75, 3.05) is 12.0 Å². The fourth-order valence-electron chi connectivity index (χ4n) is 1.79. The lowest BCUT2D eigenvalue weighted by atomic mass is 10.2. The first-order chi connectivity index (χ1) is 8.63. The van der Waals surface area contributed by atoms with Crippen molar-refractivity contribution in [1.29, 1.82) is 0 Å². The first-order valence-corrected chi connectivity index (χ1v) is 7.62. The van der Waals surface area contributed by atoms with Gasteiger partial charge in [-0.3, -0.25) is 0 Å². The van der Waals surface area contributed by atoms with Gasteiger partial charge in [0, 0.05) is 12.8 Å². The van der Waals surface area contributed by atoms with Gasteiger partial charge in [0.05, 0.1) is 10.3 Å². The summed E-state index contributed by atoms with van der Waals surface area (Å²) in [5.74, 6) is -0.364. The lowest BCUT2D eigenvalue weighted by Crippen LogP contribution is -2.36. The zero-order valence-electron chi connectivity index (χ0n) is 11.0. The number of nitrogens with zero attached hydrogens (tertiary/aromatic N) is 2. The third kappa shape index (κ3) is 2.30. The van der Waals surface area contributed by atoms with Crippen molar-refractivity contribution in [3.63, 3.8) is 0 Å². The minimum atomic E-state index is -3.27. The molecule has 0 spiro atoms. The van der Waals surface area contributed by atoms with E-state index in [1.54, 1.807) is 26.0 Å². The van der Waals surface area contributed by atoms with Crippen LogP contribution in [0.1, 0.15) is 13.8 Å². The van der Waals surface area contributed by atoms with Gasteiger partial charge in [-0.1, -0.05) is 6.07 Å². The van der Waals surface area contributed by atoms with E-state index in [0.29, 0.717) is 5.52 Å². The lowest BCUT2D eigenvalue weighted by Gasteiger charge is -2.23. The van der Waals surface area contributed by atoms with Crippen LogP contribution in [-0.2, 0) is 16.4 Å². The Morgan fingerprint density at radius 3 is 2.63 bits per heavy atom. The minimum absolute atomic E-state index is 0.108. The van der Waals surface area contributed by atoms with E-state index >= 15 is 0 Å². The molecule has 0 amide bonds. The Hall–Kier alpha value is -1.63. The number of nitrogen functional groups attached to an aromatic ring is 1. The van der Waals surface area contributed by atoms with Gasteiger partial charge in [-0.15, -0.1) is 0 Å². The predicted molar refractivity (Wildman–Crippen MR) is 73.0 cm³/mol. The molecule has 0 aliphatic carbocycles. The van der Waals surface area contributed by atoms with E-state index in [2.05, 4.69) is 4.98 Å². The fraction of sp³-hybridized carbons (Fsp3) is 0.417. The van der Waals surface area contributed by atoms with Gasteiger partial charge < -0.3 is 10.3 Å². The molecule has 2 rings (SSSR count). The zero-order chi connectivity index (χ0) is 14.4. The molecule has 0 aliphatic heterocycles. The van der Waals surface area contributed by atoms with Gasteiger partial charge in [0.2, 0.25) is 5.95 Å². The molecule has 1 heterocycles. The summed E-state index contributed by atoms with van der Waals surface area (Å²) in [5, 5.41) is 0. The molecule has 0 aliphatic rings. The van der Waals surface area contributed by atoms with Crippen LogP contribution in [0.5, 0.6) is 0 Å². The molecule has 0 bridgehead atoms. The van der Waals surface area contributed by atoms with Crippen LogP contribution in [-0.4, -0.2) is 29.0 Å². The van der Waals surface area contributed by atoms with Crippen LogP contribution in [0.15, 0.2) is 18.2 Å². The topological polar surface area (TPSA) is 78.0 Å². The molecule has 19 heavy (non-hydrogen) atoms. The minimum Gasteiger partial charge on any atom is -0.369 e. The second kappa shape index (κ2) is 4.19. The summed E-state index contributed by atoms with van der Waals surface area (Å²) in [6, 6.07) is 4.50. The largest absolute Gasteiger partial charge is 0.369 e. The van der Waals surface area contributed by atoms with Gasteiger partial charge in [-0.05, 0) is 26.0 Å². The number of imidazole rings is 1. The number of para-hydroxylation sites is 1. The third-order valence-corrected chi connectivity index (χ3v) is 5.44. The summed E-state index contributed by atoms with van der Waals surface area (Å²) in [5.41, 5.74) is 6.41. The van der Waals surface area contributed by atoms with Crippen molar-refractivity contribution in [2.45, 2.75) is 25.1 Å². The highest BCUT2D eigenvalue weighted by Crippen LogP contribution is 2.25. The quantitative estimate of drug-likeness (QED) is 0.928. The summed E-state index contributed by atoms with van der Waals surface area (Å²) >= 11 is 0. The average Bonchev–Trinajstić information content (AvgIpc) is 2.56. The zero-order valence-corrected chi connectivity index (χ0v) is 11.8. The molecule has 2 aromatic rings. The molecule has 2 N–H and O–H groups in total. The van der Waals surface area contributed by atoms with E-state index in [-0.39, 0.29) is 18.0 Å². The maximum Gasteiger partial charge on any atom is 0.201 e. The van der Waals surface area contributed by atoms with Gasteiger partial charge in [-0.2, -0.15) is 0 Å². The van der Waals surface area contributed by atoms with Crippen LogP contribution in [0.2, 0.25) is 0 Å². The van der Waals surface area contributed by atoms with Gasteiger partial charge in [0.15, 0.2) is 15.7 Å². The van der Waals surface area contributed by atoms with Crippen LogP contribution in [0.25, 0.3) is 11.0 Å². The van der Waals surface area contributed by atoms with Crippen molar-refractivity contribution >= 4 is 26.8 Å². The number of hydrogen-bond donors (Lipinski definition) is 1.